The third-order valence-electron chi connectivity index (χ3n) is 3.66. The first-order chi connectivity index (χ1) is 11.0. The zero-order valence-electron chi connectivity index (χ0n) is 12.7. The van der Waals surface area contributed by atoms with E-state index in [4.69, 9.17) is 4.74 Å². The Kier molecular flexibility index (Phi) is 6.05. The minimum atomic E-state index is -6.91. The van der Waals surface area contributed by atoms with Crippen LogP contribution in [0.1, 0.15) is 18.9 Å². The van der Waals surface area contributed by atoms with Crippen LogP contribution >= 0.6 is 22.6 Å². The molecule has 1 unspecified atom stereocenters. The van der Waals surface area contributed by atoms with Crippen LogP contribution in [0, 0.1) is 3.57 Å². The van der Waals surface area contributed by atoms with E-state index >= 15 is 0 Å². The molecule has 0 fully saturated rings. The van der Waals surface area contributed by atoms with Crippen LogP contribution in [0.4, 0.5) is 39.5 Å². The fraction of sp³-hybridized carbons (Fsp3) is 0.571. The summed E-state index contributed by atoms with van der Waals surface area (Å²) in [6, 6.07) is 5.48. The molecule has 0 amide bonds. The van der Waals surface area contributed by atoms with Crippen molar-refractivity contribution >= 4 is 22.6 Å². The molecule has 0 aromatic heterocycles. The van der Waals surface area contributed by atoms with Crippen molar-refractivity contribution in [2.45, 2.75) is 42.9 Å². The van der Waals surface area contributed by atoms with Gasteiger partial charge in [0.25, 0.3) is 0 Å². The summed E-state index contributed by atoms with van der Waals surface area (Å²) in [4.78, 5) is 0. The largest absolute Gasteiger partial charge is 0.460 e. The molecule has 0 aliphatic heterocycles. The minimum absolute atomic E-state index is 0.0519. The average Bonchev–Trinajstić information content (AvgIpc) is 2.45. The molecule has 1 nitrogen and oxygen atoms in total. The Morgan fingerprint density at radius 3 is 1.76 bits per heavy atom. The lowest BCUT2D eigenvalue weighted by atomic mass is 9.86. The number of rotatable bonds is 6. The molecule has 0 spiro atoms. The zero-order valence-corrected chi connectivity index (χ0v) is 14.9. The van der Waals surface area contributed by atoms with Crippen LogP contribution in [-0.4, -0.2) is 31.1 Å². The number of ether oxygens (including phenoxy) is 1. The van der Waals surface area contributed by atoms with Crippen molar-refractivity contribution in [1.82, 2.24) is 0 Å². The van der Waals surface area contributed by atoms with Crippen molar-refractivity contribution in [3.63, 3.8) is 0 Å². The lowest BCUT2D eigenvalue weighted by molar-refractivity contribution is -0.400. The van der Waals surface area contributed by atoms with E-state index in [2.05, 4.69) is 0 Å². The maximum absolute atomic E-state index is 13.9. The van der Waals surface area contributed by atoms with Gasteiger partial charge < -0.3 is 4.74 Å². The van der Waals surface area contributed by atoms with Crippen LogP contribution in [0.25, 0.3) is 0 Å². The van der Waals surface area contributed by atoms with E-state index in [-0.39, 0.29) is 9.13 Å². The molecule has 0 N–H and O–H groups in total. The Labute approximate surface area is 150 Å². The van der Waals surface area contributed by atoms with Crippen LogP contribution in [0.3, 0.4) is 0 Å². The molecule has 0 radical (unpaired) electrons. The van der Waals surface area contributed by atoms with Crippen molar-refractivity contribution in [1.29, 1.82) is 0 Å². The second-order valence-corrected chi connectivity index (χ2v) is 6.60. The van der Waals surface area contributed by atoms with E-state index in [0.29, 0.717) is 0 Å². The van der Waals surface area contributed by atoms with E-state index in [9.17, 15) is 39.5 Å². The molecule has 0 aliphatic rings. The third kappa shape index (κ3) is 3.86. The van der Waals surface area contributed by atoms with Gasteiger partial charge in [-0.05, 0) is 41.1 Å². The van der Waals surface area contributed by atoms with Gasteiger partial charge in [-0.1, -0.05) is 18.2 Å². The zero-order chi connectivity index (χ0) is 19.9. The summed E-state index contributed by atoms with van der Waals surface area (Å²) >= 11 is 1.67. The van der Waals surface area contributed by atoms with Gasteiger partial charge in [0.05, 0.1) is 12.0 Å². The molecule has 1 atom stereocenters. The summed E-state index contributed by atoms with van der Waals surface area (Å²) in [5.74, 6) is -19.3. The molecule has 0 bridgehead atoms. The Hall–Kier alpha value is -0.720. The predicted octanol–water partition coefficient (Wildman–Crippen LogP) is 6.01. The highest BCUT2D eigenvalue weighted by Crippen LogP contribution is 2.56. The van der Waals surface area contributed by atoms with E-state index in [1.807, 2.05) is 0 Å². The summed E-state index contributed by atoms with van der Waals surface area (Å²) in [7, 11) is 0.860. The van der Waals surface area contributed by atoms with Gasteiger partial charge in [-0.25, -0.2) is 0 Å². The lowest BCUT2D eigenvalue weighted by Gasteiger charge is -2.38. The lowest BCUT2D eigenvalue weighted by Crippen LogP contribution is -2.62. The summed E-state index contributed by atoms with van der Waals surface area (Å²) < 4.78 is 122. The second-order valence-electron chi connectivity index (χ2n) is 5.44. The van der Waals surface area contributed by atoms with Crippen molar-refractivity contribution in [2.75, 3.05) is 7.11 Å². The summed E-state index contributed by atoms with van der Waals surface area (Å²) in [5, 5.41) is 0. The standard InChI is InChI=1S/C14H12F9IO/c1-10(25-2,8-5-3-4-6-9(8)24)7-11(15,16)12(17,18)13(19,20)14(21,22)23/h3-6H,7H2,1-2H3. The summed E-state index contributed by atoms with van der Waals surface area (Å²) in [6.45, 7) is 0.903. The molecule has 0 saturated carbocycles. The first-order valence-corrected chi connectivity index (χ1v) is 7.62. The van der Waals surface area contributed by atoms with Gasteiger partial charge in [-0.2, -0.15) is 39.5 Å². The highest BCUT2D eigenvalue weighted by molar-refractivity contribution is 14.1. The Morgan fingerprint density at radius 1 is 0.880 bits per heavy atom. The molecule has 0 saturated heterocycles. The number of methoxy groups -OCH3 is 1. The van der Waals surface area contributed by atoms with Crippen LogP contribution in [0.5, 0.6) is 0 Å². The van der Waals surface area contributed by atoms with Gasteiger partial charge in [0.15, 0.2) is 0 Å². The van der Waals surface area contributed by atoms with Crippen LogP contribution < -0.4 is 0 Å². The van der Waals surface area contributed by atoms with E-state index in [1.165, 1.54) is 24.3 Å². The smallest absolute Gasteiger partial charge is 0.374 e. The molecule has 0 aliphatic carbocycles. The number of hydrogen-bond donors (Lipinski definition) is 0. The number of alkyl halides is 9. The molecule has 1 aromatic carbocycles. The molecule has 144 valence electrons. The number of halogens is 10. The number of benzene rings is 1. The first kappa shape index (κ1) is 22.3. The topological polar surface area (TPSA) is 9.23 Å². The van der Waals surface area contributed by atoms with Crippen LogP contribution in [0.15, 0.2) is 24.3 Å². The molecular weight excluding hydrogens is 482 g/mol. The Bertz CT molecular complexity index is 615. The Morgan fingerprint density at radius 2 is 1.36 bits per heavy atom. The highest BCUT2D eigenvalue weighted by atomic mass is 127. The Balaban J connectivity index is 3.36. The van der Waals surface area contributed by atoms with Crippen molar-refractivity contribution in [3.05, 3.63) is 33.4 Å². The van der Waals surface area contributed by atoms with Crippen LogP contribution in [-0.2, 0) is 10.3 Å². The quantitative estimate of drug-likeness (QED) is 0.348. The third-order valence-corrected chi connectivity index (χ3v) is 4.60. The van der Waals surface area contributed by atoms with E-state index in [1.54, 1.807) is 22.6 Å². The molecule has 25 heavy (non-hydrogen) atoms. The van der Waals surface area contributed by atoms with Crippen molar-refractivity contribution < 1.29 is 44.3 Å². The first-order valence-electron chi connectivity index (χ1n) is 6.54. The second kappa shape index (κ2) is 6.78. The SMILES string of the molecule is COC(C)(CC(F)(F)C(F)(F)C(F)(F)C(F)(F)F)c1ccccc1I. The number of hydrogen-bond acceptors (Lipinski definition) is 1. The van der Waals surface area contributed by atoms with Gasteiger partial charge in [-0.15, -0.1) is 0 Å². The molecule has 0 heterocycles. The van der Waals surface area contributed by atoms with Gasteiger partial charge >= 0.3 is 23.9 Å². The molecule has 11 heteroatoms. The monoisotopic (exact) mass is 494 g/mol. The van der Waals surface area contributed by atoms with E-state index in [0.717, 1.165) is 14.0 Å². The van der Waals surface area contributed by atoms with Gasteiger partial charge in [0.1, 0.15) is 0 Å². The highest BCUT2D eigenvalue weighted by Gasteiger charge is 2.82. The van der Waals surface area contributed by atoms with Gasteiger partial charge in [0.2, 0.25) is 0 Å². The molecule has 1 rings (SSSR count). The van der Waals surface area contributed by atoms with Crippen LogP contribution in [0.2, 0.25) is 0 Å². The van der Waals surface area contributed by atoms with Crippen molar-refractivity contribution in [2.24, 2.45) is 0 Å². The van der Waals surface area contributed by atoms with Gasteiger partial charge in [-0.3, -0.25) is 0 Å². The van der Waals surface area contributed by atoms with E-state index < -0.39 is 36.0 Å². The summed E-state index contributed by atoms with van der Waals surface area (Å²) in [6.07, 6.45) is -8.93. The summed E-state index contributed by atoms with van der Waals surface area (Å²) in [5.41, 5.74) is -2.28. The minimum Gasteiger partial charge on any atom is -0.374 e. The van der Waals surface area contributed by atoms with Gasteiger partial charge in [0, 0.05) is 10.7 Å². The molecular formula is C14H12F9IO. The fourth-order valence-electron chi connectivity index (χ4n) is 2.11. The fourth-order valence-corrected chi connectivity index (χ4v) is 3.07. The normalized spacial score (nSPS) is 16.6. The average molecular weight is 494 g/mol. The maximum atomic E-state index is 13.9. The maximum Gasteiger partial charge on any atom is 0.460 e. The molecule has 1 aromatic rings. The van der Waals surface area contributed by atoms with Crippen molar-refractivity contribution in [3.8, 4) is 0 Å². The predicted molar refractivity (Wildman–Crippen MR) is 79.0 cm³/mol.